The number of fused-ring (bicyclic) bond motifs is 1. The Morgan fingerprint density at radius 1 is 1.04 bits per heavy atom. The van der Waals surface area contributed by atoms with E-state index in [4.69, 9.17) is 14.3 Å². The second-order valence-electron chi connectivity index (χ2n) is 6.15. The average molecular weight is 388 g/mol. The molecule has 144 valence electrons. The Morgan fingerprint density at radius 3 is 2.50 bits per heavy atom. The SMILES string of the molecule is COc1ccc(C2=NO[C@@H]3C(=O)N(c4ccc(F)cc4F)C(=O)[C@@H]23)c(OC)c1. The van der Waals surface area contributed by atoms with Crippen molar-refractivity contribution in [3.8, 4) is 11.5 Å². The third-order valence-electron chi connectivity index (χ3n) is 4.65. The van der Waals surface area contributed by atoms with Crippen LogP contribution in [0.2, 0.25) is 0 Å². The number of hydrogen-bond acceptors (Lipinski definition) is 6. The summed E-state index contributed by atoms with van der Waals surface area (Å²) in [5, 5.41) is 3.89. The van der Waals surface area contributed by atoms with Crippen molar-refractivity contribution in [1.29, 1.82) is 0 Å². The number of rotatable bonds is 4. The van der Waals surface area contributed by atoms with E-state index in [-0.39, 0.29) is 11.4 Å². The number of amides is 2. The summed E-state index contributed by atoms with van der Waals surface area (Å²) < 4.78 is 37.8. The predicted octanol–water partition coefficient (Wildman–Crippen LogP) is 2.27. The van der Waals surface area contributed by atoms with Gasteiger partial charge in [-0.15, -0.1) is 0 Å². The van der Waals surface area contributed by atoms with E-state index in [1.165, 1.54) is 14.2 Å². The van der Waals surface area contributed by atoms with Gasteiger partial charge in [0.1, 0.15) is 34.8 Å². The van der Waals surface area contributed by atoms with Crippen molar-refractivity contribution in [3.05, 3.63) is 53.6 Å². The molecule has 0 unspecified atom stereocenters. The zero-order valence-electron chi connectivity index (χ0n) is 14.8. The number of ether oxygens (including phenoxy) is 2. The molecule has 2 aliphatic heterocycles. The molecule has 2 aliphatic rings. The molecule has 1 fully saturated rings. The molecule has 2 atom stereocenters. The van der Waals surface area contributed by atoms with Gasteiger partial charge in [-0.1, -0.05) is 5.16 Å². The summed E-state index contributed by atoms with van der Waals surface area (Å²) in [4.78, 5) is 31.5. The zero-order chi connectivity index (χ0) is 20.0. The van der Waals surface area contributed by atoms with Crippen molar-refractivity contribution in [2.45, 2.75) is 6.10 Å². The maximum atomic E-state index is 14.2. The number of hydrogen-bond donors (Lipinski definition) is 0. The van der Waals surface area contributed by atoms with Crippen molar-refractivity contribution < 1.29 is 32.7 Å². The Labute approximate surface area is 158 Å². The first-order chi connectivity index (χ1) is 13.5. The zero-order valence-corrected chi connectivity index (χ0v) is 14.8. The minimum absolute atomic E-state index is 0.188. The van der Waals surface area contributed by atoms with E-state index >= 15 is 0 Å². The van der Waals surface area contributed by atoms with E-state index in [1.54, 1.807) is 18.2 Å². The Morgan fingerprint density at radius 2 is 1.82 bits per heavy atom. The molecule has 2 heterocycles. The maximum Gasteiger partial charge on any atom is 0.279 e. The van der Waals surface area contributed by atoms with Gasteiger partial charge in [0, 0.05) is 17.7 Å². The fraction of sp³-hybridized carbons (Fsp3) is 0.211. The Kier molecular flexibility index (Phi) is 4.21. The van der Waals surface area contributed by atoms with E-state index in [0.29, 0.717) is 28.0 Å². The van der Waals surface area contributed by atoms with Crippen LogP contribution in [0.15, 0.2) is 41.6 Å². The maximum absolute atomic E-state index is 14.2. The quantitative estimate of drug-likeness (QED) is 0.751. The molecule has 0 radical (unpaired) electrons. The van der Waals surface area contributed by atoms with Crippen molar-refractivity contribution in [2.75, 3.05) is 19.1 Å². The molecule has 2 amide bonds. The summed E-state index contributed by atoms with van der Waals surface area (Å²) >= 11 is 0. The third kappa shape index (κ3) is 2.58. The van der Waals surface area contributed by atoms with Crippen molar-refractivity contribution >= 4 is 23.2 Å². The molecule has 0 saturated carbocycles. The molecule has 4 rings (SSSR count). The van der Waals surface area contributed by atoms with Crippen molar-refractivity contribution in [2.24, 2.45) is 11.1 Å². The van der Waals surface area contributed by atoms with Crippen LogP contribution >= 0.6 is 0 Å². The van der Waals surface area contributed by atoms with Crippen molar-refractivity contribution in [1.82, 2.24) is 0 Å². The van der Waals surface area contributed by atoms with Crippen LogP contribution in [0.4, 0.5) is 14.5 Å². The van der Waals surface area contributed by atoms with Gasteiger partial charge in [0.2, 0.25) is 12.0 Å². The van der Waals surface area contributed by atoms with Gasteiger partial charge in [-0.2, -0.15) is 0 Å². The Balaban J connectivity index is 1.73. The number of imide groups is 1. The molecular formula is C19H14F2N2O5. The first-order valence-electron chi connectivity index (χ1n) is 8.25. The lowest BCUT2D eigenvalue weighted by Gasteiger charge is -2.16. The first-order valence-corrected chi connectivity index (χ1v) is 8.25. The van der Waals surface area contributed by atoms with Gasteiger partial charge in [0.05, 0.1) is 19.9 Å². The molecule has 0 aliphatic carbocycles. The summed E-state index contributed by atoms with van der Waals surface area (Å²) in [5.41, 5.74) is 0.293. The molecule has 0 aromatic heterocycles. The minimum Gasteiger partial charge on any atom is -0.497 e. The number of methoxy groups -OCH3 is 2. The first kappa shape index (κ1) is 17.9. The smallest absolute Gasteiger partial charge is 0.279 e. The molecule has 7 nitrogen and oxygen atoms in total. The predicted molar refractivity (Wildman–Crippen MR) is 93.3 cm³/mol. The average Bonchev–Trinajstić information content (AvgIpc) is 3.22. The van der Waals surface area contributed by atoms with Crippen LogP contribution in [0.25, 0.3) is 0 Å². The number of carbonyl (C=O) groups is 2. The van der Waals surface area contributed by atoms with Gasteiger partial charge < -0.3 is 14.3 Å². The van der Waals surface area contributed by atoms with Gasteiger partial charge in [0.25, 0.3) is 5.91 Å². The van der Waals surface area contributed by atoms with Crippen LogP contribution in [0, 0.1) is 17.6 Å². The molecule has 0 bridgehead atoms. The topological polar surface area (TPSA) is 77.4 Å². The summed E-state index contributed by atoms with van der Waals surface area (Å²) in [6.45, 7) is 0. The van der Waals surface area contributed by atoms with E-state index < -0.39 is 35.5 Å². The lowest BCUT2D eigenvalue weighted by Crippen LogP contribution is -2.34. The molecule has 2 aromatic carbocycles. The fourth-order valence-electron chi connectivity index (χ4n) is 3.31. The van der Waals surface area contributed by atoms with E-state index in [2.05, 4.69) is 5.16 Å². The summed E-state index contributed by atoms with van der Waals surface area (Å²) in [5.74, 6) is -3.50. The van der Waals surface area contributed by atoms with Crippen LogP contribution in [0.1, 0.15) is 5.56 Å². The van der Waals surface area contributed by atoms with Gasteiger partial charge in [-0.05, 0) is 24.3 Å². The lowest BCUT2D eigenvalue weighted by molar-refractivity contribution is -0.126. The van der Waals surface area contributed by atoms with E-state index in [1.807, 2.05) is 0 Å². The van der Waals surface area contributed by atoms with Crippen LogP contribution < -0.4 is 14.4 Å². The highest BCUT2D eigenvalue weighted by Gasteiger charge is 2.57. The number of halogens is 2. The number of anilines is 1. The molecule has 28 heavy (non-hydrogen) atoms. The Hall–Kier alpha value is -3.49. The molecule has 0 spiro atoms. The number of benzene rings is 2. The van der Waals surface area contributed by atoms with Gasteiger partial charge in [-0.25, -0.2) is 13.7 Å². The normalized spacial score (nSPS) is 20.7. The summed E-state index contributed by atoms with van der Waals surface area (Å²) in [6.07, 6.45) is -1.22. The monoisotopic (exact) mass is 388 g/mol. The summed E-state index contributed by atoms with van der Waals surface area (Å²) in [7, 11) is 2.93. The molecular weight excluding hydrogens is 374 g/mol. The van der Waals surface area contributed by atoms with Gasteiger partial charge in [0.15, 0.2) is 0 Å². The standard InChI is InChI=1S/C19H14F2N2O5/c1-26-10-4-5-11(14(8-10)27-2)16-15-17(28-22-16)19(25)23(18(15)24)13-6-3-9(20)7-12(13)21/h3-8,15,17H,1-2H3/t15-,17-/m0/s1. The second kappa shape index (κ2) is 6.59. The largest absolute Gasteiger partial charge is 0.497 e. The number of nitrogens with zero attached hydrogens (tertiary/aromatic N) is 2. The Bertz CT molecular complexity index is 1020. The molecule has 1 saturated heterocycles. The van der Waals surface area contributed by atoms with E-state index in [9.17, 15) is 18.4 Å². The summed E-state index contributed by atoms with van der Waals surface area (Å²) in [6, 6.07) is 7.48. The minimum atomic E-state index is -1.22. The van der Waals surface area contributed by atoms with Crippen molar-refractivity contribution in [3.63, 3.8) is 0 Å². The highest BCUT2D eigenvalue weighted by atomic mass is 19.1. The molecule has 0 N–H and O–H groups in total. The molecule has 9 heteroatoms. The van der Waals surface area contributed by atoms with E-state index in [0.717, 1.165) is 12.1 Å². The van der Waals surface area contributed by atoms with Crippen LogP contribution in [0.3, 0.4) is 0 Å². The van der Waals surface area contributed by atoms with Crippen LogP contribution in [-0.4, -0.2) is 37.8 Å². The van der Waals surface area contributed by atoms with Gasteiger partial charge >= 0.3 is 0 Å². The van der Waals surface area contributed by atoms with Crippen LogP contribution in [-0.2, 0) is 14.4 Å². The number of oxime groups is 1. The van der Waals surface area contributed by atoms with Crippen LogP contribution in [0.5, 0.6) is 11.5 Å². The number of carbonyl (C=O) groups excluding carboxylic acids is 2. The fourth-order valence-corrected chi connectivity index (χ4v) is 3.31. The highest BCUT2D eigenvalue weighted by Crippen LogP contribution is 2.38. The third-order valence-corrected chi connectivity index (χ3v) is 4.65. The lowest BCUT2D eigenvalue weighted by atomic mass is 9.93. The molecule has 2 aromatic rings. The highest BCUT2D eigenvalue weighted by molar-refractivity contribution is 6.32. The second-order valence-corrected chi connectivity index (χ2v) is 6.15. The van der Waals surface area contributed by atoms with Gasteiger partial charge in [-0.3, -0.25) is 9.59 Å².